The summed E-state index contributed by atoms with van der Waals surface area (Å²) >= 11 is 0. The Morgan fingerprint density at radius 1 is 0.724 bits per heavy atom. The maximum Gasteiger partial charge on any atom is 0.155 e. The van der Waals surface area contributed by atoms with Gasteiger partial charge in [-0.2, -0.15) is 5.10 Å². The van der Waals surface area contributed by atoms with E-state index in [4.69, 9.17) is 4.74 Å². The number of hydrogen-bond donors (Lipinski definition) is 0. The first-order valence-corrected chi connectivity index (χ1v) is 9.54. The lowest BCUT2D eigenvalue weighted by Crippen LogP contribution is -1.99. The summed E-state index contributed by atoms with van der Waals surface area (Å²) in [5, 5.41) is 4.49. The molecule has 0 radical (unpaired) electrons. The van der Waals surface area contributed by atoms with E-state index in [1.165, 1.54) is 0 Å². The third kappa shape index (κ3) is 3.48. The van der Waals surface area contributed by atoms with Gasteiger partial charge in [0.1, 0.15) is 12.4 Å². The van der Waals surface area contributed by atoms with E-state index < -0.39 is 0 Å². The summed E-state index contributed by atoms with van der Waals surface area (Å²) in [7, 11) is 0. The van der Waals surface area contributed by atoms with Crippen molar-refractivity contribution in [2.45, 2.75) is 6.61 Å². The van der Waals surface area contributed by atoms with E-state index >= 15 is 0 Å². The standard InChI is InChI=1S/C25H19N3O/c1-3-7-19(8-4-1)18-29-22-13-11-20(12-14-22)23-17-26-24-15-16-27-28(24)25(23)21-9-5-2-6-10-21/h1-17H,18H2. The lowest BCUT2D eigenvalue weighted by atomic mass is 10.0. The Balaban J connectivity index is 1.49. The van der Waals surface area contributed by atoms with Crippen molar-refractivity contribution in [3.63, 3.8) is 0 Å². The van der Waals surface area contributed by atoms with Crippen molar-refractivity contribution in [3.05, 3.63) is 109 Å². The van der Waals surface area contributed by atoms with E-state index in [1.807, 2.05) is 65.3 Å². The number of fused-ring (bicyclic) bond motifs is 1. The molecule has 0 aliphatic rings. The minimum Gasteiger partial charge on any atom is -0.489 e. The van der Waals surface area contributed by atoms with Crippen molar-refractivity contribution in [2.75, 3.05) is 0 Å². The number of aromatic nitrogens is 3. The van der Waals surface area contributed by atoms with Crippen LogP contribution < -0.4 is 4.74 Å². The largest absolute Gasteiger partial charge is 0.489 e. The third-order valence-corrected chi connectivity index (χ3v) is 4.88. The van der Waals surface area contributed by atoms with Crippen LogP contribution in [0.25, 0.3) is 28.0 Å². The Kier molecular flexibility index (Phi) is 4.51. The third-order valence-electron chi connectivity index (χ3n) is 4.88. The van der Waals surface area contributed by atoms with Crippen molar-refractivity contribution >= 4 is 5.65 Å². The number of hydrogen-bond acceptors (Lipinski definition) is 3. The van der Waals surface area contributed by atoms with Crippen LogP contribution in [0.3, 0.4) is 0 Å². The van der Waals surface area contributed by atoms with E-state index in [0.717, 1.165) is 39.3 Å². The van der Waals surface area contributed by atoms with Crippen LogP contribution in [0, 0.1) is 0 Å². The second-order valence-electron chi connectivity index (χ2n) is 6.79. The highest BCUT2D eigenvalue weighted by Crippen LogP contribution is 2.32. The smallest absolute Gasteiger partial charge is 0.155 e. The first-order valence-electron chi connectivity index (χ1n) is 9.54. The molecular formula is C25H19N3O. The van der Waals surface area contributed by atoms with Gasteiger partial charge in [0.2, 0.25) is 0 Å². The summed E-state index contributed by atoms with van der Waals surface area (Å²) < 4.78 is 7.82. The zero-order valence-electron chi connectivity index (χ0n) is 15.8. The predicted octanol–water partition coefficient (Wildman–Crippen LogP) is 5.64. The molecule has 0 atom stereocenters. The van der Waals surface area contributed by atoms with Crippen molar-refractivity contribution in [1.29, 1.82) is 0 Å². The van der Waals surface area contributed by atoms with Crippen molar-refractivity contribution in [1.82, 2.24) is 14.6 Å². The molecule has 2 aromatic heterocycles. The van der Waals surface area contributed by atoms with Crippen molar-refractivity contribution < 1.29 is 4.74 Å². The summed E-state index contributed by atoms with van der Waals surface area (Å²) in [5.74, 6) is 0.840. The molecule has 0 saturated carbocycles. The second kappa shape index (κ2) is 7.60. The maximum absolute atomic E-state index is 5.92. The Morgan fingerprint density at radius 2 is 1.45 bits per heavy atom. The minimum atomic E-state index is 0.552. The fourth-order valence-electron chi connectivity index (χ4n) is 3.43. The van der Waals surface area contributed by atoms with Gasteiger partial charge in [-0.05, 0) is 23.3 Å². The van der Waals surface area contributed by atoms with Crippen LogP contribution in [0.4, 0.5) is 0 Å². The van der Waals surface area contributed by atoms with Gasteiger partial charge in [0, 0.05) is 23.4 Å². The van der Waals surface area contributed by atoms with Gasteiger partial charge in [0.15, 0.2) is 5.65 Å². The lowest BCUT2D eigenvalue weighted by molar-refractivity contribution is 0.306. The maximum atomic E-state index is 5.92. The minimum absolute atomic E-state index is 0.552. The molecule has 4 heteroatoms. The van der Waals surface area contributed by atoms with E-state index in [0.29, 0.717) is 6.61 Å². The molecule has 0 bridgehead atoms. The summed E-state index contributed by atoms with van der Waals surface area (Å²) in [6.45, 7) is 0.552. The van der Waals surface area contributed by atoms with Gasteiger partial charge in [-0.3, -0.25) is 0 Å². The molecule has 0 aliphatic heterocycles. The average molecular weight is 377 g/mol. The molecule has 0 saturated heterocycles. The molecule has 29 heavy (non-hydrogen) atoms. The predicted molar refractivity (Wildman–Crippen MR) is 115 cm³/mol. The number of nitrogens with zero attached hydrogens (tertiary/aromatic N) is 3. The van der Waals surface area contributed by atoms with Crippen molar-refractivity contribution in [3.8, 4) is 28.1 Å². The van der Waals surface area contributed by atoms with Gasteiger partial charge in [-0.1, -0.05) is 72.8 Å². The summed E-state index contributed by atoms with van der Waals surface area (Å²) in [6, 6.07) is 30.5. The number of rotatable bonds is 5. The van der Waals surface area contributed by atoms with Gasteiger partial charge in [0.05, 0.1) is 11.9 Å². The molecule has 5 rings (SSSR count). The van der Waals surface area contributed by atoms with Gasteiger partial charge in [0.25, 0.3) is 0 Å². The first-order chi connectivity index (χ1) is 14.4. The number of ether oxygens (including phenoxy) is 1. The molecule has 0 N–H and O–H groups in total. The van der Waals surface area contributed by atoms with Crippen LogP contribution in [0.2, 0.25) is 0 Å². The molecule has 5 aromatic rings. The zero-order valence-corrected chi connectivity index (χ0v) is 15.8. The molecule has 3 aromatic carbocycles. The van der Waals surface area contributed by atoms with Gasteiger partial charge >= 0.3 is 0 Å². The highest BCUT2D eigenvalue weighted by Gasteiger charge is 2.13. The second-order valence-corrected chi connectivity index (χ2v) is 6.79. The molecule has 0 amide bonds. The van der Waals surface area contributed by atoms with E-state index in [-0.39, 0.29) is 0 Å². The molecule has 0 unspecified atom stereocenters. The topological polar surface area (TPSA) is 39.4 Å². The Morgan fingerprint density at radius 3 is 2.21 bits per heavy atom. The monoisotopic (exact) mass is 377 g/mol. The fraction of sp³-hybridized carbons (Fsp3) is 0.0400. The summed E-state index contributed by atoms with van der Waals surface area (Å²) in [6.07, 6.45) is 3.69. The van der Waals surface area contributed by atoms with Crippen LogP contribution in [0.15, 0.2) is 103 Å². The summed E-state index contributed by atoms with van der Waals surface area (Å²) in [5.41, 5.74) is 6.20. The SMILES string of the molecule is c1ccc(COc2ccc(-c3cnc4ccnn4c3-c3ccccc3)cc2)cc1. The van der Waals surface area contributed by atoms with Gasteiger partial charge in [-0.15, -0.1) is 0 Å². The average Bonchev–Trinajstić information content (AvgIpc) is 3.28. The molecular weight excluding hydrogens is 358 g/mol. The Bertz CT molecular complexity index is 1230. The molecule has 0 aliphatic carbocycles. The Hall–Kier alpha value is -3.92. The number of benzene rings is 3. The molecule has 4 nitrogen and oxygen atoms in total. The molecule has 140 valence electrons. The highest BCUT2D eigenvalue weighted by atomic mass is 16.5. The van der Waals surface area contributed by atoms with Crippen LogP contribution in [-0.4, -0.2) is 14.6 Å². The quantitative estimate of drug-likeness (QED) is 0.398. The van der Waals surface area contributed by atoms with Gasteiger partial charge < -0.3 is 4.74 Å². The van der Waals surface area contributed by atoms with Crippen molar-refractivity contribution in [2.24, 2.45) is 0 Å². The first kappa shape index (κ1) is 17.2. The van der Waals surface area contributed by atoms with E-state index in [1.54, 1.807) is 6.20 Å². The van der Waals surface area contributed by atoms with E-state index in [9.17, 15) is 0 Å². The van der Waals surface area contributed by atoms with Crippen LogP contribution in [0.1, 0.15) is 5.56 Å². The zero-order chi connectivity index (χ0) is 19.5. The molecule has 0 spiro atoms. The van der Waals surface area contributed by atoms with Crippen LogP contribution in [-0.2, 0) is 6.61 Å². The molecule has 2 heterocycles. The molecule has 0 fully saturated rings. The normalized spacial score (nSPS) is 10.9. The fourth-order valence-corrected chi connectivity index (χ4v) is 3.43. The van der Waals surface area contributed by atoms with Gasteiger partial charge in [-0.25, -0.2) is 9.50 Å². The lowest BCUT2D eigenvalue weighted by Gasteiger charge is -2.13. The summed E-state index contributed by atoms with van der Waals surface area (Å²) in [4.78, 5) is 4.57. The van der Waals surface area contributed by atoms with Crippen LogP contribution >= 0.6 is 0 Å². The Labute approximate surface area is 169 Å². The van der Waals surface area contributed by atoms with Crippen LogP contribution in [0.5, 0.6) is 5.75 Å². The van der Waals surface area contributed by atoms with E-state index in [2.05, 4.69) is 46.5 Å². The highest BCUT2D eigenvalue weighted by molar-refractivity contribution is 5.82.